The van der Waals surface area contributed by atoms with Crippen molar-refractivity contribution in [1.29, 1.82) is 0 Å². The summed E-state index contributed by atoms with van der Waals surface area (Å²) < 4.78 is 10.9. The van der Waals surface area contributed by atoms with Crippen LogP contribution in [-0.4, -0.2) is 74.6 Å². The van der Waals surface area contributed by atoms with Crippen molar-refractivity contribution in [3.05, 3.63) is 30.3 Å². The van der Waals surface area contributed by atoms with E-state index in [1.807, 2.05) is 42.3 Å². The van der Waals surface area contributed by atoms with Gasteiger partial charge in [0.25, 0.3) is 0 Å². The van der Waals surface area contributed by atoms with Crippen LogP contribution in [0.4, 0.5) is 23.5 Å². The molecule has 0 spiro atoms. The maximum absolute atomic E-state index is 5.46. The third-order valence-corrected chi connectivity index (χ3v) is 4.63. The van der Waals surface area contributed by atoms with Gasteiger partial charge in [0.15, 0.2) is 0 Å². The van der Waals surface area contributed by atoms with E-state index in [4.69, 9.17) is 24.4 Å². The van der Waals surface area contributed by atoms with E-state index in [0.29, 0.717) is 44.3 Å². The second-order valence-corrected chi connectivity index (χ2v) is 6.33. The SMILES string of the molecule is CN(c1ccccc1)c1nc(N2CCOCC2)nc(N2CCOCC2)n1.Cl. The van der Waals surface area contributed by atoms with Gasteiger partial charge in [-0.05, 0) is 12.1 Å². The number of para-hydroxylation sites is 1. The molecule has 2 aliphatic heterocycles. The number of benzene rings is 1. The highest BCUT2D eigenvalue weighted by atomic mass is 35.5. The number of hydrogen-bond donors (Lipinski definition) is 0. The van der Waals surface area contributed by atoms with Crippen molar-refractivity contribution in [1.82, 2.24) is 15.0 Å². The molecule has 2 aliphatic rings. The lowest BCUT2D eigenvalue weighted by molar-refractivity contribution is 0.121. The quantitative estimate of drug-likeness (QED) is 0.779. The summed E-state index contributed by atoms with van der Waals surface area (Å²) in [5, 5.41) is 0. The topological polar surface area (TPSA) is 66.9 Å². The molecular weight excluding hydrogens is 368 g/mol. The Morgan fingerprint density at radius 2 is 1.26 bits per heavy atom. The lowest BCUT2D eigenvalue weighted by Gasteiger charge is -2.31. The van der Waals surface area contributed by atoms with E-state index in [-0.39, 0.29) is 12.4 Å². The van der Waals surface area contributed by atoms with Crippen LogP contribution in [0.3, 0.4) is 0 Å². The molecule has 0 bridgehead atoms. The predicted octanol–water partition coefficient (Wildman–Crippen LogP) is 1.73. The predicted molar refractivity (Wildman–Crippen MR) is 108 cm³/mol. The van der Waals surface area contributed by atoms with Gasteiger partial charge in [0, 0.05) is 38.9 Å². The van der Waals surface area contributed by atoms with Crippen molar-refractivity contribution in [3.63, 3.8) is 0 Å². The minimum atomic E-state index is 0. The summed E-state index contributed by atoms with van der Waals surface area (Å²) >= 11 is 0. The molecule has 1 aromatic heterocycles. The normalized spacial score (nSPS) is 17.4. The van der Waals surface area contributed by atoms with Crippen molar-refractivity contribution < 1.29 is 9.47 Å². The van der Waals surface area contributed by atoms with Crippen LogP contribution in [0, 0.1) is 0 Å². The smallest absolute Gasteiger partial charge is 0.236 e. The van der Waals surface area contributed by atoms with Gasteiger partial charge in [0.2, 0.25) is 17.8 Å². The first-order valence-electron chi connectivity index (χ1n) is 9.01. The minimum absolute atomic E-state index is 0. The Balaban J connectivity index is 0.00000210. The van der Waals surface area contributed by atoms with Crippen molar-refractivity contribution in [2.75, 3.05) is 74.4 Å². The van der Waals surface area contributed by atoms with Crippen LogP contribution < -0.4 is 14.7 Å². The number of halogens is 1. The van der Waals surface area contributed by atoms with E-state index in [1.54, 1.807) is 0 Å². The molecule has 0 aliphatic carbocycles. The van der Waals surface area contributed by atoms with Crippen molar-refractivity contribution in [2.24, 2.45) is 0 Å². The Morgan fingerprint density at radius 1 is 0.778 bits per heavy atom. The van der Waals surface area contributed by atoms with E-state index < -0.39 is 0 Å². The summed E-state index contributed by atoms with van der Waals surface area (Å²) in [6, 6.07) is 10.1. The third-order valence-electron chi connectivity index (χ3n) is 4.63. The third kappa shape index (κ3) is 4.58. The lowest BCUT2D eigenvalue weighted by Crippen LogP contribution is -2.40. The van der Waals surface area contributed by atoms with Crippen LogP contribution in [0.2, 0.25) is 0 Å². The van der Waals surface area contributed by atoms with Crippen molar-refractivity contribution in [3.8, 4) is 0 Å². The molecule has 4 rings (SSSR count). The molecule has 146 valence electrons. The van der Waals surface area contributed by atoms with Gasteiger partial charge in [0.05, 0.1) is 26.4 Å². The number of anilines is 4. The first-order chi connectivity index (χ1) is 12.8. The molecule has 2 fully saturated rings. The molecule has 0 saturated carbocycles. The van der Waals surface area contributed by atoms with Gasteiger partial charge in [0.1, 0.15) is 0 Å². The van der Waals surface area contributed by atoms with Gasteiger partial charge in [-0.3, -0.25) is 0 Å². The zero-order valence-corrected chi connectivity index (χ0v) is 16.3. The summed E-state index contributed by atoms with van der Waals surface area (Å²) in [6.45, 7) is 5.96. The maximum atomic E-state index is 5.46. The van der Waals surface area contributed by atoms with Gasteiger partial charge >= 0.3 is 0 Å². The molecule has 3 heterocycles. The number of ether oxygens (including phenoxy) is 2. The van der Waals surface area contributed by atoms with Gasteiger partial charge < -0.3 is 24.2 Å². The minimum Gasteiger partial charge on any atom is -0.378 e. The fourth-order valence-electron chi connectivity index (χ4n) is 3.07. The first kappa shape index (κ1) is 19.6. The van der Waals surface area contributed by atoms with E-state index in [2.05, 4.69) is 9.80 Å². The van der Waals surface area contributed by atoms with Gasteiger partial charge in [-0.15, -0.1) is 12.4 Å². The van der Waals surface area contributed by atoms with Crippen LogP contribution >= 0.6 is 12.4 Å². The van der Waals surface area contributed by atoms with Gasteiger partial charge in [-0.1, -0.05) is 18.2 Å². The van der Waals surface area contributed by atoms with E-state index >= 15 is 0 Å². The second kappa shape index (κ2) is 9.16. The van der Waals surface area contributed by atoms with E-state index in [9.17, 15) is 0 Å². The Bertz CT molecular complexity index is 687. The highest BCUT2D eigenvalue weighted by Crippen LogP contribution is 2.24. The molecule has 2 saturated heterocycles. The molecule has 27 heavy (non-hydrogen) atoms. The molecule has 1 aromatic carbocycles. The first-order valence-corrected chi connectivity index (χ1v) is 9.01. The van der Waals surface area contributed by atoms with Crippen LogP contribution in [0.5, 0.6) is 0 Å². The number of nitrogens with zero attached hydrogens (tertiary/aromatic N) is 6. The maximum Gasteiger partial charge on any atom is 0.236 e. The van der Waals surface area contributed by atoms with E-state index in [0.717, 1.165) is 31.9 Å². The fraction of sp³-hybridized carbons (Fsp3) is 0.500. The average molecular weight is 393 g/mol. The summed E-state index contributed by atoms with van der Waals surface area (Å²) in [5.41, 5.74) is 1.04. The summed E-state index contributed by atoms with van der Waals surface area (Å²) in [7, 11) is 1.98. The molecule has 0 N–H and O–H groups in total. The van der Waals surface area contributed by atoms with Crippen molar-refractivity contribution >= 4 is 35.9 Å². The molecule has 0 radical (unpaired) electrons. The zero-order valence-electron chi connectivity index (χ0n) is 15.5. The Morgan fingerprint density at radius 3 is 1.74 bits per heavy atom. The highest BCUT2D eigenvalue weighted by Gasteiger charge is 2.22. The molecule has 2 aromatic rings. The largest absolute Gasteiger partial charge is 0.378 e. The Labute approximate surface area is 165 Å². The summed E-state index contributed by atoms with van der Waals surface area (Å²) in [5.74, 6) is 2.07. The van der Waals surface area contributed by atoms with Crippen LogP contribution in [0.25, 0.3) is 0 Å². The Kier molecular flexibility index (Phi) is 6.65. The average Bonchev–Trinajstić information content (AvgIpc) is 2.75. The van der Waals surface area contributed by atoms with Gasteiger partial charge in [-0.2, -0.15) is 15.0 Å². The molecule has 0 atom stereocenters. The standard InChI is InChI=1S/C18H24N6O2.ClH/c1-22(15-5-3-2-4-6-15)16-19-17(23-7-11-25-12-8-23)21-18(20-16)24-9-13-26-14-10-24;/h2-6H,7-14H2,1H3;1H. The zero-order chi connectivity index (χ0) is 17.8. The molecular formula is C18H25ClN6O2. The number of hydrogen-bond acceptors (Lipinski definition) is 8. The van der Waals surface area contributed by atoms with Gasteiger partial charge in [-0.25, -0.2) is 0 Å². The van der Waals surface area contributed by atoms with Crippen LogP contribution in [0.1, 0.15) is 0 Å². The monoisotopic (exact) mass is 392 g/mol. The fourth-order valence-corrected chi connectivity index (χ4v) is 3.07. The molecule has 8 nitrogen and oxygen atoms in total. The number of aromatic nitrogens is 3. The molecule has 9 heteroatoms. The second-order valence-electron chi connectivity index (χ2n) is 6.33. The van der Waals surface area contributed by atoms with Crippen molar-refractivity contribution in [2.45, 2.75) is 0 Å². The lowest BCUT2D eigenvalue weighted by atomic mass is 10.3. The summed E-state index contributed by atoms with van der Waals surface area (Å²) in [6.07, 6.45) is 0. The highest BCUT2D eigenvalue weighted by molar-refractivity contribution is 5.85. The number of morpholine rings is 2. The summed E-state index contributed by atoms with van der Waals surface area (Å²) in [4.78, 5) is 20.6. The number of rotatable bonds is 4. The van der Waals surface area contributed by atoms with Crippen LogP contribution in [-0.2, 0) is 9.47 Å². The molecule has 0 unspecified atom stereocenters. The Hall–Kier alpha value is -2.16. The molecule has 0 amide bonds. The van der Waals surface area contributed by atoms with Crippen LogP contribution in [0.15, 0.2) is 30.3 Å². The van der Waals surface area contributed by atoms with E-state index in [1.165, 1.54) is 0 Å².